The van der Waals surface area contributed by atoms with Crippen molar-refractivity contribution in [1.82, 2.24) is 0 Å². The number of hydrogen-bond acceptors (Lipinski definition) is 2. The van der Waals surface area contributed by atoms with Gasteiger partial charge in [0.2, 0.25) is 0 Å². The maximum absolute atomic E-state index is 11.7. The molecular weight excluding hydrogens is 172 g/mol. The van der Waals surface area contributed by atoms with Crippen LogP contribution in [0.3, 0.4) is 0 Å². The Bertz CT molecular complexity index is 294. The van der Waals surface area contributed by atoms with Crippen LogP contribution >= 0.6 is 0 Å². The van der Waals surface area contributed by atoms with E-state index in [9.17, 15) is 8.42 Å². The molecule has 2 aliphatic rings. The van der Waals surface area contributed by atoms with Crippen LogP contribution in [0, 0.1) is 12.3 Å². The van der Waals surface area contributed by atoms with Gasteiger partial charge in [-0.1, -0.05) is 6.92 Å². The van der Waals surface area contributed by atoms with Gasteiger partial charge >= 0.3 is 0 Å². The summed E-state index contributed by atoms with van der Waals surface area (Å²) in [5.74, 6) is 0.365. The molecule has 0 aliphatic heterocycles. The van der Waals surface area contributed by atoms with Crippen molar-refractivity contribution >= 4 is 9.84 Å². The van der Waals surface area contributed by atoms with E-state index in [4.69, 9.17) is 0 Å². The van der Waals surface area contributed by atoms with Gasteiger partial charge in [0, 0.05) is 0 Å². The summed E-state index contributed by atoms with van der Waals surface area (Å²) in [4.78, 5) is 0. The Morgan fingerprint density at radius 3 is 2.08 bits per heavy atom. The van der Waals surface area contributed by atoms with Crippen molar-refractivity contribution in [2.75, 3.05) is 5.75 Å². The maximum atomic E-state index is 11.7. The Hall–Kier alpha value is -0.0500. The topological polar surface area (TPSA) is 34.1 Å². The first-order valence-corrected chi connectivity index (χ1v) is 6.10. The van der Waals surface area contributed by atoms with Gasteiger partial charge in [0.15, 0.2) is 9.84 Å². The quantitative estimate of drug-likeness (QED) is 0.672. The Morgan fingerprint density at radius 2 is 1.75 bits per heavy atom. The molecule has 0 spiro atoms. The summed E-state index contributed by atoms with van der Waals surface area (Å²) >= 11 is 0. The smallest absolute Gasteiger partial charge is 0.156 e. The van der Waals surface area contributed by atoms with Gasteiger partial charge in [-0.15, -0.1) is 0 Å². The van der Waals surface area contributed by atoms with E-state index in [2.05, 4.69) is 13.8 Å². The normalized spacial score (nSPS) is 29.8. The zero-order valence-electron chi connectivity index (χ0n) is 7.47. The van der Waals surface area contributed by atoms with Crippen molar-refractivity contribution in [2.45, 2.75) is 37.4 Å². The van der Waals surface area contributed by atoms with Crippen LogP contribution in [-0.4, -0.2) is 18.9 Å². The highest BCUT2D eigenvalue weighted by atomic mass is 32.2. The third-order valence-corrected chi connectivity index (χ3v) is 5.91. The van der Waals surface area contributed by atoms with Crippen LogP contribution in [0.25, 0.3) is 0 Å². The van der Waals surface area contributed by atoms with Crippen molar-refractivity contribution in [1.29, 1.82) is 0 Å². The largest absolute Gasteiger partial charge is 0.228 e. The van der Waals surface area contributed by atoms with E-state index in [0.29, 0.717) is 5.75 Å². The van der Waals surface area contributed by atoms with Crippen LogP contribution in [0.2, 0.25) is 0 Å². The van der Waals surface area contributed by atoms with Crippen LogP contribution in [-0.2, 0) is 9.84 Å². The fourth-order valence-corrected chi connectivity index (χ4v) is 3.66. The van der Waals surface area contributed by atoms with E-state index in [0.717, 1.165) is 25.7 Å². The first kappa shape index (κ1) is 8.54. The molecule has 69 valence electrons. The second-order valence-electron chi connectivity index (χ2n) is 4.75. The summed E-state index contributed by atoms with van der Waals surface area (Å²) in [5, 5.41) is 0. The fourth-order valence-electron chi connectivity index (χ4n) is 1.42. The Labute approximate surface area is 74.3 Å². The molecule has 12 heavy (non-hydrogen) atoms. The van der Waals surface area contributed by atoms with Crippen LogP contribution in [0.5, 0.6) is 0 Å². The second kappa shape index (κ2) is 2.06. The van der Waals surface area contributed by atoms with E-state index in [1.807, 2.05) is 0 Å². The van der Waals surface area contributed by atoms with Crippen molar-refractivity contribution < 1.29 is 8.42 Å². The molecule has 0 atom stereocenters. The van der Waals surface area contributed by atoms with Gasteiger partial charge in [-0.05, 0) is 38.0 Å². The highest BCUT2D eigenvalue weighted by Gasteiger charge is 2.54. The van der Waals surface area contributed by atoms with Gasteiger partial charge in [-0.3, -0.25) is 0 Å². The van der Waals surface area contributed by atoms with Gasteiger partial charge in [0.25, 0.3) is 0 Å². The SMILES string of the molecule is [CH2]C1(S(=O)(=O)CC2(C)CC2)CC1. The standard InChI is InChI=1S/C9H15O2S/c1-8(3-4-8)7-12(10,11)9(2)5-6-9/h2-7H2,1H3. The number of sulfone groups is 1. The predicted molar refractivity (Wildman–Crippen MR) is 48.4 cm³/mol. The van der Waals surface area contributed by atoms with Crippen LogP contribution in [0.1, 0.15) is 32.6 Å². The summed E-state index contributed by atoms with van der Waals surface area (Å²) in [6, 6.07) is 0. The highest BCUT2D eigenvalue weighted by molar-refractivity contribution is 7.93. The molecule has 0 N–H and O–H groups in total. The maximum Gasteiger partial charge on any atom is 0.156 e. The van der Waals surface area contributed by atoms with Crippen LogP contribution < -0.4 is 0 Å². The molecule has 2 rings (SSSR count). The molecule has 2 nitrogen and oxygen atoms in total. The van der Waals surface area contributed by atoms with Gasteiger partial charge in [0.1, 0.15) is 0 Å². The van der Waals surface area contributed by atoms with E-state index < -0.39 is 14.6 Å². The molecule has 0 bridgehead atoms. The minimum atomic E-state index is -2.89. The molecule has 2 aliphatic carbocycles. The third kappa shape index (κ3) is 1.28. The van der Waals surface area contributed by atoms with Crippen LogP contribution in [0.4, 0.5) is 0 Å². The zero-order valence-corrected chi connectivity index (χ0v) is 8.28. The molecule has 2 saturated carbocycles. The Morgan fingerprint density at radius 1 is 1.25 bits per heavy atom. The zero-order chi connectivity index (χ0) is 9.04. The molecule has 0 aromatic carbocycles. The molecule has 0 amide bonds. The van der Waals surface area contributed by atoms with Gasteiger partial charge in [0.05, 0.1) is 10.5 Å². The number of rotatable bonds is 3. The van der Waals surface area contributed by atoms with Crippen LogP contribution in [0.15, 0.2) is 0 Å². The fraction of sp³-hybridized carbons (Fsp3) is 0.889. The van der Waals surface area contributed by atoms with E-state index in [1.54, 1.807) is 0 Å². The van der Waals surface area contributed by atoms with Gasteiger partial charge in [-0.2, -0.15) is 0 Å². The molecule has 2 fully saturated rings. The lowest BCUT2D eigenvalue weighted by atomic mass is 10.2. The minimum absolute atomic E-state index is 0.103. The molecule has 0 saturated heterocycles. The van der Waals surface area contributed by atoms with E-state index in [1.165, 1.54) is 0 Å². The molecule has 0 heterocycles. The van der Waals surface area contributed by atoms with Crippen molar-refractivity contribution in [3.8, 4) is 0 Å². The average Bonchev–Trinajstić information content (AvgIpc) is 2.74. The molecule has 3 heteroatoms. The highest BCUT2D eigenvalue weighted by Crippen LogP contribution is 2.51. The van der Waals surface area contributed by atoms with Crippen molar-refractivity contribution in [3.05, 3.63) is 6.92 Å². The van der Waals surface area contributed by atoms with Crippen molar-refractivity contribution in [2.24, 2.45) is 5.41 Å². The lowest BCUT2D eigenvalue weighted by Gasteiger charge is -2.13. The minimum Gasteiger partial charge on any atom is -0.228 e. The summed E-state index contributed by atoms with van der Waals surface area (Å²) in [6.07, 6.45) is 3.68. The number of hydrogen-bond donors (Lipinski definition) is 0. The summed E-state index contributed by atoms with van der Waals surface area (Å²) in [6.45, 7) is 5.83. The average molecular weight is 187 g/mol. The Kier molecular flexibility index (Phi) is 1.47. The predicted octanol–water partition coefficient (Wildman–Crippen LogP) is 1.57. The first-order chi connectivity index (χ1) is 5.37. The lowest BCUT2D eigenvalue weighted by molar-refractivity contribution is 0.559. The summed E-state index contributed by atoms with van der Waals surface area (Å²) in [7, 11) is -2.89. The third-order valence-electron chi connectivity index (χ3n) is 3.11. The second-order valence-corrected chi connectivity index (χ2v) is 7.14. The monoisotopic (exact) mass is 187 g/mol. The first-order valence-electron chi connectivity index (χ1n) is 4.45. The molecular formula is C9H15O2S. The molecule has 1 radical (unpaired) electrons. The Balaban J connectivity index is 2.12. The molecule has 0 unspecified atom stereocenters. The molecule has 0 aromatic heterocycles. The summed E-state index contributed by atoms with van der Waals surface area (Å²) < 4.78 is 22.8. The van der Waals surface area contributed by atoms with E-state index >= 15 is 0 Å². The van der Waals surface area contributed by atoms with Gasteiger partial charge < -0.3 is 0 Å². The van der Waals surface area contributed by atoms with Gasteiger partial charge in [-0.25, -0.2) is 8.42 Å². The van der Waals surface area contributed by atoms with E-state index in [-0.39, 0.29) is 5.41 Å². The lowest BCUT2D eigenvalue weighted by Crippen LogP contribution is -2.26. The molecule has 0 aromatic rings. The summed E-state index contributed by atoms with van der Waals surface area (Å²) in [5.41, 5.74) is 0.103. The van der Waals surface area contributed by atoms with Crippen molar-refractivity contribution in [3.63, 3.8) is 0 Å².